The fourth-order valence-corrected chi connectivity index (χ4v) is 2.70. The van der Waals surface area contributed by atoms with Crippen molar-refractivity contribution in [3.05, 3.63) is 12.3 Å². The zero-order valence-corrected chi connectivity index (χ0v) is 12.2. The number of aliphatic hydroxyl groups excluding tert-OH is 1. The van der Waals surface area contributed by atoms with Crippen LogP contribution >= 0.6 is 0 Å². The zero-order valence-electron chi connectivity index (χ0n) is 12.2. The van der Waals surface area contributed by atoms with Crippen molar-refractivity contribution in [3.8, 4) is 0 Å². The molecule has 1 aromatic heterocycles. The van der Waals surface area contributed by atoms with E-state index in [9.17, 15) is 9.90 Å². The second kappa shape index (κ2) is 6.26. The van der Waals surface area contributed by atoms with Crippen LogP contribution in [0.5, 0.6) is 0 Å². The molecule has 1 aromatic rings. The molecule has 1 saturated carbocycles. The van der Waals surface area contributed by atoms with Crippen LogP contribution < -0.4 is 10.6 Å². The number of carbonyl (C=O) groups is 1. The summed E-state index contributed by atoms with van der Waals surface area (Å²) in [7, 11) is 0. The van der Waals surface area contributed by atoms with Gasteiger partial charge >= 0.3 is 6.03 Å². The summed E-state index contributed by atoms with van der Waals surface area (Å²) in [6.45, 7) is 4.13. The Balaban J connectivity index is 1.99. The number of hydrogen-bond acceptors (Lipinski definition) is 3. The summed E-state index contributed by atoms with van der Waals surface area (Å²) in [6.07, 6.45) is 6.39. The Labute approximate surface area is 119 Å². The molecule has 2 amide bonds. The number of aliphatic hydroxyl groups is 1. The van der Waals surface area contributed by atoms with Gasteiger partial charge in [-0.15, -0.1) is 0 Å². The third-order valence-corrected chi connectivity index (χ3v) is 4.16. The van der Waals surface area contributed by atoms with E-state index >= 15 is 0 Å². The molecule has 6 nitrogen and oxygen atoms in total. The zero-order chi connectivity index (χ0) is 14.6. The van der Waals surface area contributed by atoms with Crippen LogP contribution in [0.2, 0.25) is 0 Å². The molecule has 20 heavy (non-hydrogen) atoms. The number of carbonyl (C=O) groups excluding carboxylic acids is 1. The highest BCUT2D eigenvalue weighted by Gasteiger charge is 2.34. The number of hydrogen-bond donors (Lipinski definition) is 3. The van der Waals surface area contributed by atoms with Gasteiger partial charge in [0.2, 0.25) is 0 Å². The Morgan fingerprint density at radius 3 is 2.85 bits per heavy atom. The molecule has 1 fully saturated rings. The van der Waals surface area contributed by atoms with Crippen molar-refractivity contribution in [1.82, 2.24) is 15.1 Å². The first-order chi connectivity index (χ1) is 9.60. The van der Waals surface area contributed by atoms with Gasteiger partial charge in [-0.3, -0.25) is 5.32 Å². The van der Waals surface area contributed by atoms with Crippen LogP contribution in [0, 0.1) is 0 Å². The molecule has 0 spiro atoms. The van der Waals surface area contributed by atoms with E-state index < -0.39 is 5.54 Å². The lowest BCUT2D eigenvalue weighted by Crippen LogP contribution is -2.51. The summed E-state index contributed by atoms with van der Waals surface area (Å²) in [5.41, 5.74) is -0.453. The van der Waals surface area contributed by atoms with Crippen molar-refractivity contribution in [2.75, 3.05) is 11.9 Å². The van der Waals surface area contributed by atoms with Gasteiger partial charge in [0.25, 0.3) is 0 Å². The number of urea groups is 1. The van der Waals surface area contributed by atoms with Gasteiger partial charge in [0, 0.05) is 6.07 Å². The first-order valence-electron chi connectivity index (χ1n) is 7.34. The van der Waals surface area contributed by atoms with Gasteiger partial charge in [0.1, 0.15) is 5.82 Å². The topological polar surface area (TPSA) is 79.2 Å². The summed E-state index contributed by atoms with van der Waals surface area (Å²) in [6, 6.07) is 1.75. The summed E-state index contributed by atoms with van der Waals surface area (Å²) in [5, 5.41) is 19.5. The monoisotopic (exact) mass is 280 g/mol. The number of rotatable bonds is 5. The van der Waals surface area contributed by atoms with Gasteiger partial charge in [0.05, 0.1) is 24.4 Å². The maximum absolute atomic E-state index is 12.1. The van der Waals surface area contributed by atoms with E-state index in [4.69, 9.17) is 0 Å². The van der Waals surface area contributed by atoms with Crippen LogP contribution in [-0.2, 0) is 0 Å². The van der Waals surface area contributed by atoms with Crippen LogP contribution in [0.15, 0.2) is 12.3 Å². The maximum Gasteiger partial charge on any atom is 0.320 e. The van der Waals surface area contributed by atoms with Crippen molar-refractivity contribution in [3.63, 3.8) is 0 Å². The van der Waals surface area contributed by atoms with Gasteiger partial charge in [-0.05, 0) is 26.2 Å². The van der Waals surface area contributed by atoms with E-state index in [2.05, 4.69) is 29.6 Å². The average molecular weight is 280 g/mol. The largest absolute Gasteiger partial charge is 0.394 e. The molecule has 6 heteroatoms. The van der Waals surface area contributed by atoms with Crippen molar-refractivity contribution in [2.24, 2.45) is 0 Å². The Hall–Kier alpha value is -1.56. The van der Waals surface area contributed by atoms with E-state index in [-0.39, 0.29) is 18.7 Å². The third kappa shape index (κ3) is 3.12. The number of nitrogens with zero attached hydrogens (tertiary/aromatic N) is 2. The average Bonchev–Trinajstić information content (AvgIpc) is 3.08. The second-order valence-corrected chi connectivity index (χ2v) is 5.64. The molecular formula is C14H24N4O2. The molecule has 1 heterocycles. The van der Waals surface area contributed by atoms with E-state index in [1.165, 1.54) is 0 Å². The number of nitrogens with one attached hydrogen (secondary N) is 2. The highest BCUT2D eigenvalue weighted by Crippen LogP contribution is 2.29. The van der Waals surface area contributed by atoms with Crippen LogP contribution in [0.25, 0.3) is 0 Å². The molecule has 1 unspecified atom stereocenters. The van der Waals surface area contributed by atoms with E-state index in [1.54, 1.807) is 16.9 Å². The van der Waals surface area contributed by atoms with Crippen LogP contribution in [-0.4, -0.2) is 33.1 Å². The van der Waals surface area contributed by atoms with E-state index in [0.29, 0.717) is 5.82 Å². The minimum atomic E-state index is -0.453. The van der Waals surface area contributed by atoms with Crippen LogP contribution in [0.3, 0.4) is 0 Å². The predicted octanol–water partition coefficient (Wildman–Crippen LogP) is 2.28. The van der Waals surface area contributed by atoms with Crippen molar-refractivity contribution < 1.29 is 9.90 Å². The molecule has 1 aliphatic rings. The molecule has 112 valence electrons. The SMILES string of the molecule is CCC(C)n1nccc1NC(=O)NC1(CO)CCCC1. The minimum absolute atomic E-state index is 0.00888. The van der Waals surface area contributed by atoms with Gasteiger partial charge in [-0.25, -0.2) is 9.48 Å². The van der Waals surface area contributed by atoms with Crippen LogP contribution in [0.1, 0.15) is 52.0 Å². The maximum atomic E-state index is 12.1. The molecule has 0 aromatic carbocycles. The molecule has 3 N–H and O–H groups in total. The Kier molecular flexibility index (Phi) is 4.65. The molecule has 1 aliphatic carbocycles. The van der Waals surface area contributed by atoms with Crippen molar-refractivity contribution in [1.29, 1.82) is 0 Å². The lowest BCUT2D eigenvalue weighted by atomic mass is 9.99. The van der Waals surface area contributed by atoms with Gasteiger partial charge < -0.3 is 10.4 Å². The Morgan fingerprint density at radius 2 is 2.25 bits per heavy atom. The quantitative estimate of drug-likeness (QED) is 0.774. The number of amides is 2. The molecule has 1 atom stereocenters. The normalized spacial score (nSPS) is 18.8. The fraction of sp³-hybridized carbons (Fsp3) is 0.714. The molecule has 0 bridgehead atoms. The van der Waals surface area contributed by atoms with Gasteiger partial charge in [0.15, 0.2) is 0 Å². The molecular weight excluding hydrogens is 256 g/mol. The lowest BCUT2D eigenvalue weighted by Gasteiger charge is -2.28. The number of aromatic nitrogens is 2. The summed E-state index contributed by atoms with van der Waals surface area (Å²) in [5.74, 6) is 0.683. The third-order valence-electron chi connectivity index (χ3n) is 4.16. The summed E-state index contributed by atoms with van der Waals surface area (Å²) >= 11 is 0. The van der Waals surface area contributed by atoms with Gasteiger partial charge in [-0.1, -0.05) is 19.8 Å². The predicted molar refractivity (Wildman–Crippen MR) is 77.7 cm³/mol. The lowest BCUT2D eigenvalue weighted by molar-refractivity contribution is 0.167. The molecule has 0 radical (unpaired) electrons. The number of anilines is 1. The smallest absolute Gasteiger partial charge is 0.320 e. The molecule has 2 rings (SSSR count). The van der Waals surface area contributed by atoms with E-state index in [0.717, 1.165) is 32.1 Å². The van der Waals surface area contributed by atoms with Crippen LogP contribution in [0.4, 0.5) is 10.6 Å². The van der Waals surface area contributed by atoms with E-state index in [1.807, 2.05) is 0 Å². The summed E-state index contributed by atoms with van der Waals surface area (Å²) < 4.78 is 1.81. The fourth-order valence-electron chi connectivity index (χ4n) is 2.70. The summed E-state index contributed by atoms with van der Waals surface area (Å²) in [4.78, 5) is 12.1. The van der Waals surface area contributed by atoms with Gasteiger partial charge in [-0.2, -0.15) is 5.10 Å². The highest BCUT2D eigenvalue weighted by atomic mass is 16.3. The molecule has 0 saturated heterocycles. The second-order valence-electron chi connectivity index (χ2n) is 5.64. The molecule has 0 aliphatic heterocycles. The Bertz CT molecular complexity index is 452. The standard InChI is InChI=1S/C14H24N4O2/c1-3-11(2)18-12(6-9-15-18)16-13(20)17-14(10-19)7-4-5-8-14/h6,9,11,19H,3-5,7-8,10H2,1-2H3,(H2,16,17,20). The van der Waals surface area contributed by atoms with Crippen molar-refractivity contribution in [2.45, 2.75) is 57.5 Å². The first kappa shape index (κ1) is 14.8. The Morgan fingerprint density at radius 1 is 1.55 bits per heavy atom. The highest BCUT2D eigenvalue weighted by molar-refractivity contribution is 5.88. The first-order valence-corrected chi connectivity index (χ1v) is 7.34. The minimum Gasteiger partial charge on any atom is -0.394 e. The van der Waals surface area contributed by atoms with Crippen molar-refractivity contribution >= 4 is 11.8 Å².